The van der Waals surface area contributed by atoms with Gasteiger partial charge in [-0.1, -0.05) is 19.9 Å². The van der Waals surface area contributed by atoms with Crippen molar-refractivity contribution >= 4 is 28.6 Å². The standard InChI is InChI=1S/C22H29IO2/c1-4-13(2)16-5-6-20(23)19(12-16)21(24)25-22(3)17-8-14-7-15(10-17)11-18(22)9-14/h5-6,12-15,17-18H,4,7-11H2,1-3H3. The molecule has 3 heteroatoms. The van der Waals surface area contributed by atoms with Crippen molar-refractivity contribution < 1.29 is 9.53 Å². The molecule has 0 amide bonds. The summed E-state index contributed by atoms with van der Waals surface area (Å²) in [7, 11) is 0. The summed E-state index contributed by atoms with van der Waals surface area (Å²) < 4.78 is 7.31. The Labute approximate surface area is 165 Å². The Balaban J connectivity index is 1.58. The minimum absolute atomic E-state index is 0.107. The maximum absolute atomic E-state index is 13.1. The fraction of sp³-hybridized carbons (Fsp3) is 0.682. The van der Waals surface area contributed by atoms with Crippen molar-refractivity contribution in [3.63, 3.8) is 0 Å². The molecule has 0 radical (unpaired) electrons. The van der Waals surface area contributed by atoms with E-state index in [1.54, 1.807) is 0 Å². The van der Waals surface area contributed by atoms with Crippen LogP contribution in [0.3, 0.4) is 0 Å². The number of carbonyl (C=O) groups is 1. The van der Waals surface area contributed by atoms with Crippen molar-refractivity contribution in [1.82, 2.24) is 0 Å². The van der Waals surface area contributed by atoms with Gasteiger partial charge in [0.1, 0.15) is 5.60 Å². The van der Waals surface area contributed by atoms with Crippen LogP contribution in [0.4, 0.5) is 0 Å². The van der Waals surface area contributed by atoms with Gasteiger partial charge in [0.05, 0.1) is 5.56 Å². The molecule has 4 fully saturated rings. The van der Waals surface area contributed by atoms with Crippen LogP contribution < -0.4 is 0 Å². The van der Waals surface area contributed by atoms with E-state index in [-0.39, 0.29) is 11.6 Å². The van der Waals surface area contributed by atoms with Crippen molar-refractivity contribution in [1.29, 1.82) is 0 Å². The summed E-state index contributed by atoms with van der Waals surface area (Å²) in [5.41, 5.74) is 1.75. The highest BCUT2D eigenvalue weighted by Crippen LogP contribution is 2.59. The number of ether oxygens (including phenoxy) is 1. The number of esters is 1. The minimum atomic E-state index is -0.250. The first-order chi connectivity index (χ1) is 11.9. The monoisotopic (exact) mass is 452 g/mol. The van der Waals surface area contributed by atoms with E-state index in [2.05, 4.69) is 61.6 Å². The van der Waals surface area contributed by atoms with Gasteiger partial charge < -0.3 is 4.74 Å². The smallest absolute Gasteiger partial charge is 0.339 e. The molecule has 0 aromatic heterocycles. The second kappa shape index (κ2) is 6.54. The topological polar surface area (TPSA) is 26.3 Å². The van der Waals surface area contributed by atoms with Gasteiger partial charge in [0.25, 0.3) is 0 Å². The minimum Gasteiger partial charge on any atom is -0.455 e. The molecule has 25 heavy (non-hydrogen) atoms. The molecule has 1 aromatic rings. The van der Waals surface area contributed by atoms with E-state index in [9.17, 15) is 4.79 Å². The lowest BCUT2D eigenvalue weighted by Crippen LogP contribution is -2.58. The normalized spacial score (nSPS) is 37.1. The van der Waals surface area contributed by atoms with Gasteiger partial charge in [0.15, 0.2) is 0 Å². The van der Waals surface area contributed by atoms with Crippen LogP contribution in [-0.4, -0.2) is 11.6 Å². The van der Waals surface area contributed by atoms with Crippen LogP contribution in [0.25, 0.3) is 0 Å². The molecule has 4 saturated carbocycles. The Morgan fingerprint density at radius 2 is 1.80 bits per heavy atom. The average molecular weight is 452 g/mol. The van der Waals surface area contributed by atoms with Gasteiger partial charge in [0, 0.05) is 3.57 Å². The number of hydrogen-bond acceptors (Lipinski definition) is 2. The van der Waals surface area contributed by atoms with E-state index in [4.69, 9.17) is 4.74 Å². The van der Waals surface area contributed by atoms with Gasteiger partial charge >= 0.3 is 5.97 Å². The molecule has 4 aliphatic rings. The summed E-state index contributed by atoms with van der Waals surface area (Å²) in [5, 5.41) is 0. The van der Waals surface area contributed by atoms with Gasteiger partial charge in [0.2, 0.25) is 0 Å². The maximum Gasteiger partial charge on any atom is 0.339 e. The molecule has 0 heterocycles. The van der Waals surface area contributed by atoms with Crippen LogP contribution in [0.1, 0.15) is 81.1 Å². The predicted molar refractivity (Wildman–Crippen MR) is 109 cm³/mol. The molecule has 136 valence electrons. The van der Waals surface area contributed by atoms with Gasteiger partial charge in [-0.15, -0.1) is 0 Å². The molecule has 0 N–H and O–H groups in total. The van der Waals surface area contributed by atoms with Gasteiger partial charge in [-0.3, -0.25) is 0 Å². The highest BCUT2D eigenvalue weighted by atomic mass is 127. The highest BCUT2D eigenvalue weighted by molar-refractivity contribution is 14.1. The molecular formula is C22H29IO2. The fourth-order valence-corrected chi connectivity index (χ4v) is 6.34. The van der Waals surface area contributed by atoms with Crippen molar-refractivity contribution in [3.8, 4) is 0 Å². The summed E-state index contributed by atoms with van der Waals surface area (Å²) in [6.45, 7) is 6.63. The van der Waals surface area contributed by atoms with Gasteiger partial charge in [-0.25, -0.2) is 4.79 Å². The van der Waals surface area contributed by atoms with Crippen molar-refractivity contribution in [2.45, 2.75) is 70.8 Å². The zero-order valence-corrected chi connectivity index (χ0v) is 17.7. The van der Waals surface area contributed by atoms with Crippen LogP contribution in [-0.2, 0) is 4.74 Å². The summed E-state index contributed by atoms with van der Waals surface area (Å²) in [4.78, 5) is 13.1. The fourth-order valence-electron chi connectivity index (χ4n) is 5.78. The van der Waals surface area contributed by atoms with E-state index >= 15 is 0 Å². The first-order valence-corrected chi connectivity index (χ1v) is 11.0. The lowest BCUT2D eigenvalue weighted by molar-refractivity contribution is -0.165. The second-order valence-corrected chi connectivity index (χ2v) is 10.1. The first-order valence-electron chi connectivity index (χ1n) is 9.93. The van der Waals surface area contributed by atoms with E-state index in [0.717, 1.165) is 27.4 Å². The molecule has 4 bridgehead atoms. The number of halogens is 1. The molecule has 0 aliphatic heterocycles. The lowest BCUT2D eigenvalue weighted by atomic mass is 9.50. The Morgan fingerprint density at radius 3 is 2.36 bits per heavy atom. The maximum atomic E-state index is 13.1. The molecule has 2 nitrogen and oxygen atoms in total. The summed E-state index contributed by atoms with van der Waals surface area (Å²) in [5.74, 6) is 3.29. The third-order valence-electron chi connectivity index (χ3n) is 7.46. The average Bonchev–Trinajstić information content (AvgIpc) is 2.59. The van der Waals surface area contributed by atoms with E-state index in [1.807, 2.05) is 0 Å². The third kappa shape index (κ3) is 3.04. The lowest BCUT2D eigenvalue weighted by Gasteiger charge is -2.59. The van der Waals surface area contributed by atoms with Crippen LogP contribution >= 0.6 is 22.6 Å². The van der Waals surface area contributed by atoms with Crippen LogP contribution in [0.5, 0.6) is 0 Å². The van der Waals surface area contributed by atoms with E-state index < -0.39 is 0 Å². The Bertz CT molecular complexity index is 653. The predicted octanol–water partition coefficient (Wildman–Crippen LogP) is 6.18. The summed E-state index contributed by atoms with van der Waals surface area (Å²) in [6, 6.07) is 6.28. The summed E-state index contributed by atoms with van der Waals surface area (Å²) >= 11 is 2.27. The Kier molecular flexibility index (Phi) is 4.66. The van der Waals surface area contributed by atoms with Crippen molar-refractivity contribution in [3.05, 3.63) is 32.9 Å². The number of benzene rings is 1. The largest absolute Gasteiger partial charge is 0.455 e. The molecule has 4 aliphatic carbocycles. The van der Waals surface area contributed by atoms with Gasteiger partial charge in [-0.05, 0) is 115 Å². The van der Waals surface area contributed by atoms with Crippen molar-refractivity contribution in [2.24, 2.45) is 23.7 Å². The molecular weight excluding hydrogens is 423 g/mol. The highest BCUT2D eigenvalue weighted by Gasteiger charge is 2.57. The van der Waals surface area contributed by atoms with Crippen LogP contribution in [0.2, 0.25) is 0 Å². The van der Waals surface area contributed by atoms with Gasteiger partial charge in [-0.2, -0.15) is 0 Å². The molecule has 5 rings (SSSR count). The zero-order valence-electron chi connectivity index (χ0n) is 15.6. The molecule has 0 spiro atoms. The van der Waals surface area contributed by atoms with Crippen molar-refractivity contribution in [2.75, 3.05) is 0 Å². The molecule has 1 atom stereocenters. The Hall–Kier alpha value is -0.580. The van der Waals surface area contributed by atoms with E-state index in [1.165, 1.54) is 37.7 Å². The van der Waals surface area contributed by atoms with Crippen LogP contribution in [0, 0.1) is 27.2 Å². The quantitative estimate of drug-likeness (QED) is 0.403. The second-order valence-electron chi connectivity index (χ2n) is 8.93. The molecule has 0 saturated heterocycles. The summed E-state index contributed by atoms with van der Waals surface area (Å²) in [6.07, 6.45) is 7.56. The van der Waals surface area contributed by atoms with Crippen LogP contribution in [0.15, 0.2) is 18.2 Å². The zero-order chi connectivity index (χ0) is 17.8. The Morgan fingerprint density at radius 1 is 1.20 bits per heavy atom. The first kappa shape index (κ1) is 17.8. The third-order valence-corrected chi connectivity index (χ3v) is 8.40. The molecule has 1 aromatic carbocycles. The number of hydrogen-bond donors (Lipinski definition) is 0. The number of carbonyl (C=O) groups excluding carboxylic acids is 1. The number of rotatable bonds is 4. The molecule has 1 unspecified atom stereocenters. The van der Waals surface area contributed by atoms with E-state index in [0.29, 0.717) is 17.8 Å². The SMILES string of the molecule is CCC(C)c1ccc(I)c(C(=O)OC2(C)C3CC4CC(C3)CC2C4)c1.